The highest BCUT2D eigenvalue weighted by Gasteiger charge is 2.25. The molecule has 2 heterocycles. The lowest BCUT2D eigenvalue weighted by Gasteiger charge is -2.25. The van der Waals surface area contributed by atoms with Gasteiger partial charge in [0.2, 0.25) is 0 Å². The van der Waals surface area contributed by atoms with Crippen LogP contribution in [0.1, 0.15) is 43.9 Å². The molecule has 1 saturated heterocycles. The molecule has 1 fully saturated rings. The molecule has 0 aliphatic carbocycles. The molecule has 0 radical (unpaired) electrons. The second kappa shape index (κ2) is 6.23. The average molecular weight is 300 g/mol. The number of rotatable bonds is 4. The molecule has 0 spiro atoms. The second-order valence-corrected chi connectivity index (χ2v) is 6.50. The Kier molecular flexibility index (Phi) is 4.32. The van der Waals surface area contributed by atoms with Crippen molar-refractivity contribution >= 4 is 10.8 Å². The van der Waals surface area contributed by atoms with Crippen LogP contribution in [0.2, 0.25) is 0 Å². The van der Waals surface area contributed by atoms with Crippen molar-refractivity contribution in [3.05, 3.63) is 45.9 Å². The van der Waals surface area contributed by atoms with E-state index in [1.807, 2.05) is 24.3 Å². The van der Waals surface area contributed by atoms with Crippen LogP contribution in [0.15, 0.2) is 29.1 Å². The summed E-state index contributed by atoms with van der Waals surface area (Å²) >= 11 is 0. The summed E-state index contributed by atoms with van der Waals surface area (Å²) in [5, 5.41) is 11.3. The predicted octanol–water partition coefficient (Wildman–Crippen LogP) is 2.61. The van der Waals surface area contributed by atoms with Gasteiger partial charge in [-0.15, -0.1) is 0 Å². The van der Waals surface area contributed by atoms with Gasteiger partial charge in [-0.1, -0.05) is 32.0 Å². The molecule has 0 bridgehead atoms. The third-order valence-corrected chi connectivity index (χ3v) is 4.72. The first-order valence-electron chi connectivity index (χ1n) is 8.10. The maximum atomic E-state index is 12.3. The van der Waals surface area contributed by atoms with Gasteiger partial charge >= 0.3 is 0 Å². The first kappa shape index (κ1) is 15.3. The van der Waals surface area contributed by atoms with Gasteiger partial charge in [0.25, 0.3) is 5.56 Å². The van der Waals surface area contributed by atoms with Gasteiger partial charge in [-0.3, -0.25) is 9.69 Å². The van der Waals surface area contributed by atoms with Crippen molar-refractivity contribution in [3.63, 3.8) is 0 Å². The molecule has 4 heteroatoms. The number of benzene rings is 1. The van der Waals surface area contributed by atoms with E-state index in [2.05, 4.69) is 23.7 Å². The van der Waals surface area contributed by atoms with Crippen LogP contribution >= 0.6 is 0 Å². The summed E-state index contributed by atoms with van der Waals surface area (Å²) in [6.07, 6.45) is 2.18. The van der Waals surface area contributed by atoms with E-state index in [9.17, 15) is 9.90 Å². The Morgan fingerprint density at radius 2 is 2.05 bits per heavy atom. The van der Waals surface area contributed by atoms with Gasteiger partial charge < -0.3 is 10.1 Å². The van der Waals surface area contributed by atoms with Gasteiger partial charge in [-0.2, -0.15) is 0 Å². The number of nitrogens with one attached hydrogen (secondary N) is 1. The Morgan fingerprint density at radius 1 is 1.32 bits per heavy atom. The fourth-order valence-electron chi connectivity index (χ4n) is 3.53. The molecule has 0 saturated carbocycles. The zero-order chi connectivity index (χ0) is 15.7. The first-order chi connectivity index (χ1) is 10.6. The predicted molar refractivity (Wildman–Crippen MR) is 89.2 cm³/mol. The van der Waals surface area contributed by atoms with E-state index in [0.717, 1.165) is 42.4 Å². The highest BCUT2D eigenvalue weighted by molar-refractivity contribution is 5.85. The van der Waals surface area contributed by atoms with Crippen LogP contribution < -0.4 is 5.56 Å². The maximum absolute atomic E-state index is 12.3. The number of fused-ring (bicyclic) bond motifs is 1. The zero-order valence-corrected chi connectivity index (χ0v) is 13.3. The molecular weight excluding hydrogens is 276 g/mol. The molecule has 3 rings (SSSR count). The number of hydrogen-bond donors (Lipinski definition) is 2. The van der Waals surface area contributed by atoms with E-state index in [4.69, 9.17) is 0 Å². The van der Waals surface area contributed by atoms with Crippen molar-refractivity contribution in [1.82, 2.24) is 9.88 Å². The summed E-state index contributed by atoms with van der Waals surface area (Å²) in [7, 11) is 0. The second-order valence-electron chi connectivity index (χ2n) is 6.50. The Hall–Kier alpha value is -1.65. The number of aliphatic hydroxyl groups excluding tert-OH is 1. The lowest BCUT2D eigenvalue weighted by molar-refractivity contribution is 0.153. The largest absolute Gasteiger partial charge is 0.395 e. The summed E-state index contributed by atoms with van der Waals surface area (Å²) in [5.41, 5.74) is 2.21. The van der Waals surface area contributed by atoms with Crippen LogP contribution in [-0.4, -0.2) is 34.2 Å². The number of aromatic amines is 1. The van der Waals surface area contributed by atoms with Crippen LogP contribution in [0.3, 0.4) is 0 Å². The fourth-order valence-corrected chi connectivity index (χ4v) is 3.53. The summed E-state index contributed by atoms with van der Waals surface area (Å²) in [4.78, 5) is 17.7. The molecular formula is C18H24N2O2. The van der Waals surface area contributed by atoms with Crippen molar-refractivity contribution in [1.29, 1.82) is 0 Å². The van der Waals surface area contributed by atoms with Gasteiger partial charge in [0.1, 0.15) is 0 Å². The average Bonchev–Trinajstić information content (AvgIpc) is 2.97. The Balaban J connectivity index is 2.12. The van der Waals surface area contributed by atoms with Crippen molar-refractivity contribution in [2.75, 3.05) is 13.2 Å². The van der Waals surface area contributed by atoms with E-state index in [1.165, 1.54) is 5.56 Å². The minimum absolute atomic E-state index is 0.0109. The Morgan fingerprint density at radius 3 is 2.73 bits per heavy atom. The van der Waals surface area contributed by atoms with E-state index in [-0.39, 0.29) is 24.1 Å². The van der Waals surface area contributed by atoms with Gasteiger partial charge in [-0.05, 0) is 42.3 Å². The SMILES string of the molecule is CC(C)c1[nH]c(=O)c2ccccc2c1CN1CCC[C@@H]1CO. The first-order valence-corrected chi connectivity index (χ1v) is 8.10. The smallest absolute Gasteiger partial charge is 0.256 e. The summed E-state index contributed by atoms with van der Waals surface area (Å²) < 4.78 is 0. The molecule has 22 heavy (non-hydrogen) atoms. The molecule has 0 unspecified atom stereocenters. The molecule has 2 N–H and O–H groups in total. The van der Waals surface area contributed by atoms with Crippen LogP contribution in [0, 0.1) is 0 Å². The number of aromatic nitrogens is 1. The summed E-state index contributed by atoms with van der Waals surface area (Å²) in [6, 6.07) is 8.06. The molecule has 1 atom stereocenters. The van der Waals surface area contributed by atoms with Crippen molar-refractivity contribution < 1.29 is 5.11 Å². The van der Waals surface area contributed by atoms with E-state index in [1.54, 1.807) is 0 Å². The van der Waals surface area contributed by atoms with Crippen LogP contribution in [0.25, 0.3) is 10.8 Å². The maximum Gasteiger partial charge on any atom is 0.256 e. The minimum Gasteiger partial charge on any atom is -0.395 e. The van der Waals surface area contributed by atoms with Crippen LogP contribution in [0.4, 0.5) is 0 Å². The fraction of sp³-hybridized carbons (Fsp3) is 0.500. The molecule has 2 aromatic rings. The molecule has 1 aliphatic rings. The van der Waals surface area contributed by atoms with Gasteiger partial charge in [0.15, 0.2) is 0 Å². The topological polar surface area (TPSA) is 56.3 Å². The van der Waals surface area contributed by atoms with Gasteiger partial charge in [0, 0.05) is 23.7 Å². The number of aliphatic hydroxyl groups is 1. The normalized spacial score (nSPS) is 19.4. The highest BCUT2D eigenvalue weighted by Crippen LogP contribution is 2.28. The molecule has 1 aromatic carbocycles. The quantitative estimate of drug-likeness (QED) is 0.912. The lowest BCUT2D eigenvalue weighted by atomic mass is 9.97. The number of hydrogen-bond acceptors (Lipinski definition) is 3. The minimum atomic E-state index is -0.0109. The van der Waals surface area contributed by atoms with E-state index >= 15 is 0 Å². The van der Waals surface area contributed by atoms with Crippen LogP contribution in [0.5, 0.6) is 0 Å². The van der Waals surface area contributed by atoms with Crippen molar-refractivity contribution in [2.24, 2.45) is 0 Å². The molecule has 0 amide bonds. The van der Waals surface area contributed by atoms with Gasteiger partial charge in [-0.25, -0.2) is 0 Å². The summed E-state index contributed by atoms with van der Waals surface area (Å²) in [5.74, 6) is 0.266. The number of H-pyrrole nitrogens is 1. The third kappa shape index (κ3) is 2.69. The zero-order valence-electron chi connectivity index (χ0n) is 13.3. The monoisotopic (exact) mass is 300 g/mol. The van der Waals surface area contributed by atoms with E-state index < -0.39 is 0 Å². The standard InChI is InChI=1S/C18H24N2O2/c1-12(2)17-16(10-20-9-5-6-13(20)11-21)14-7-3-4-8-15(14)18(22)19-17/h3-4,7-8,12-13,21H,5-6,9-11H2,1-2H3,(H,19,22)/t13-/m1/s1. The number of likely N-dealkylation sites (tertiary alicyclic amines) is 1. The highest BCUT2D eigenvalue weighted by atomic mass is 16.3. The van der Waals surface area contributed by atoms with Crippen molar-refractivity contribution in [2.45, 2.75) is 45.2 Å². The Labute approximate surface area is 130 Å². The molecule has 1 aromatic heterocycles. The van der Waals surface area contributed by atoms with Gasteiger partial charge in [0.05, 0.1) is 6.61 Å². The number of pyridine rings is 1. The van der Waals surface area contributed by atoms with Crippen molar-refractivity contribution in [3.8, 4) is 0 Å². The third-order valence-electron chi connectivity index (χ3n) is 4.72. The Bertz CT molecular complexity index is 721. The van der Waals surface area contributed by atoms with Crippen LogP contribution in [-0.2, 0) is 6.54 Å². The van der Waals surface area contributed by atoms with E-state index in [0.29, 0.717) is 0 Å². The molecule has 4 nitrogen and oxygen atoms in total. The number of nitrogens with zero attached hydrogens (tertiary/aromatic N) is 1. The lowest BCUT2D eigenvalue weighted by Crippen LogP contribution is -2.32. The summed E-state index contributed by atoms with van der Waals surface area (Å²) in [6.45, 7) is 6.22. The molecule has 1 aliphatic heterocycles. The molecule has 118 valence electrons.